The van der Waals surface area contributed by atoms with Gasteiger partial charge >= 0.3 is 5.97 Å². The van der Waals surface area contributed by atoms with Gasteiger partial charge in [-0.25, -0.2) is 4.79 Å². The second-order valence-electron chi connectivity index (χ2n) is 12.1. The molecule has 0 radical (unpaired) electrons. The molecule has 2 saturated heterocycles. The normalized spacial score (nSPS) is 25.0. The Morgan fingerprint density at radius 2 is 1.50 bits per heavy atom. The van der Waals surface area contributed by atoms with Crippen molar-refractivity contribution in [1.29, 1.82) is 0 Å². The number of rotatable bonds is 10. The van der Waals surface area contributed by atoms with Gasteiger partial charge in [-0.3, -0.25) is 14.4 Å². The molecule has 2 aromatic rings. The zero-order valence-corrected chi connectivity index (χ0v) is 24.1. The smallest absolute Gasteiger partial charge is 0.326 e. The van der Waals surface area contributed by atoms with Crippen molar-refractivity contribution in [3.8, 4) is 0 Å². The molecule has 6 unspecified atom stereocenters. The van der Waals surface area contributed by atoms with E-state index >= 15 is 0 Å². The third-order valence-corrected chi connectivity index (χ3v) is 9.15. The number of fused-ring (bicyclic) bond motifs is 1. The van der Waals surface area contributed by atoms with E-state index in [1.165, 1.54) is 0 Å². The van der Waals surface area contributed by atoms with Crippen molar-refractivity contribution in [2.45, 2.75) is 94.4 Å². The summed E-state index contributed by atoms with van der Waals surface area (Å²) in [6.45, 7) is 0.392. The van der Waals surface area contributed by atoms with E-state index in [0.717, 1.165) is 36.8 Å². The minimum Gasteiger partial charge on any atom is -0.480 e. The molecule has 42 heavy (non-hydrogen) atoms. The molecule has 0 bridgehead atoms. The summed E-state index contributed by atoms with van der Waals surface area (Å²) in [5, 5.41) is 12.9. The molecule has 6 atom stereocenters. The molecule has 1 aliphatic carbocycles. The summed E-state index contributed by atoms with van der Waals surface area (Å²) < 4.78 is 0. The maximum absolute atomic E-state index is 14.1. The van der Waals surface area contributed by atoms with Crippen molar-refractivity contribution in [3.05, 3.63) is 71.8 Å². The van der Waals surface area contributed by atoms with Gasteiger partial charge in [0.15, 0.2) is 0 Å². The summed E-state index contributed by atoms with van der Waals surface area (Å²) in [6, 6.07) is 16.3. The van der Waals surface area contributed by atoms with Gasteiger partial charge < -0.3 is 26.0 Å². The molecule has 2 aromatic carbocycles. The standard InChI is InChI=1S/C33H42N4O5/c34-25(18-22-10-3-1-4-11-22)21-30(38)35-26(19-23-12-5-2-6-13-23)31(39)36-17-9-16-28(36)32(40)37-27-15-8-7-14-24(27)20-29(37)33(41)42/h1-6,10-13,24-29H,7-9,14-21,34H2,(H,35,38)(H,41,42). The average Bonchev–Trinajstić information content (AvgIpc) is 3.63. The zero-order chi connectivity index (χ0) is 29.6. The Kier molecular flexibility index (Phi) is 9.57. The van der Waals surface area contributed by atoms with Gasteiger partial charge in [-0.05, 0) is 55.6 Å². The van der Waals surface area contributed by atoms with E-state index in [1.54, 1.807) is 9.80 Å². The van der Waals surface area contributed by atoms with Gasteiger partial charge in [0.25, 0.3) is 0 Å². The maximum Gasteiger partial charge on any atom is 0.326 e. The van der Waals surface area contributed by atoms with Crippen LogP contribution in [-0.4, -0.2) is 75.4 Å². The quantitative estimate of drug-likeness (QED) is 0.400. The lowest BCUT2D eigenvalue weighted by Crippen LogP contribution is -2.57. The van der Waals surface area contributed by atoms with Gasteiger partial charge in [0.1, 0.15) is 18.1 Å². The molecule has 3 aliphatic rings. The van der Waals surface area contributed by atoms with Crippen LogP contribution in [0.5, 0.6) is 0 Å². The van der Waals surface area contributed by atoms with Crippen LogP contribution >= 0.6 is 0 Å². The van der Waals surface area contributed by atoms with Gasteiger partial charge in [-0.15, -0.1) is 0 Å². The van der Waals surface area contributed by atoms with Crippen molar-refractivity contribution >= 4 is 23.7 Å². The third kappa shape index (κ3) is 6.84. The minimum absolute atomic E-state index is 0.0625. The Morgan fingerprint density at radius 1 is 0.857 bits per heavy atom. The maximum atomic E-state index is 14.1. The number of amides is 3. The predicted molar refractivity (Wildman–Crippen MR) is 158 cm³/mol. The molecule has 4 N–H and O–H groups in total. The molecule has 224 valence electrons. The highest BCUT2D eigenvalue weighted by Crippen LogP contribution is 2.41. The van der Waals surface area contributed by atoms with E-state index in [-0.39, 0.29) is 42.5 Å². The topological polar surface area (TPSA) is 133 Å². The van der Waals surface area contributed by atoms with Crippen molar-refractivity contribution in [2.24, 2.45) is 11.7 Å². The summed E-state index contributed by atoms with van der Waals surface area (Å²) in [5.41, 5.74) is 8.23. The fourth-order valence-electron chi connectivity index (χ4n) is 7.19. The lowest BCUT2D eigenvalue weighted by Gasteiger charge is -2.37. The van der Waals surface area contributed by atoms with Crippen LogP contribution in [0, 0.1) is 5.92 Å². The second-order valence-corrected chi connectivity index (χ2v) is 12.1. The average molecular weight is 575 g/mol. The molecule has 3 amide bonds. The van der Waals surface area contributed by atoms with Crippen molar-refractivity contribution in [2.75, 3.05) is 6.54 Å². The Bertz CT molecular complexity index is 1260. The molecule has 0 spiro atoms. The molecule has 0 aromatic heterocycles. The number of likely N-dealkylation sites (tertiary alicyclic amines) is 2. The number of carbonyl (C=O) groups excluding carboxylic acids is 3. The Labute approximate surface area is 247 Å². The van der Waals surface area contributed by atoms with Gasteiger partial charge in [0, 0.05) is 31.5 Å². The monoisotopic (exact) mass is 574 g/mol. The number of nitrogens with two attached hydrogens (primary N) is 1. The van der Waals surface area contributed by atoms with Gasteiger partial charge in [0.05, 0.1) is 0 Å². The molecule has 3 fully saturated rings. The van der Waals surface area contributed by atoms with Crippen LogP contribution in [0.25, 0.3) is 0 Å². The number of benzene rings is 2. The summed E-state index contributed by atoms with van der Waals surface area (Å²) in [7, 11) is 0. The van der Waals surface area contributed by atoms with E-state index < -0.39 is 30.1 Å². The molecular weight excluding hydrogens is 532 g/mol. The Balaban J connectivity index is 1.31. The highest BCUT2D eigenvalue weighted by molar-refractivity contribution is 5.94. The zero-order valence-electron chi connectivity index (χ0n) is 24.1. The molecule has 5 rings (SSSR count). The SMILES string of the molecule is NC(CC(=O)NC(Cc1ccccc1)C(=O)N1CCCC1C(=O)N1C(C(=O)O)CC2CCCCC21)Cc1ccccc1. The van der Waals surface area contributed by atoms with Crippen molar-refractivity contribution in [1.82, 2.24) is 15.1 Å². The summed E-state index contributed by atoms with van der Waals surface area (Å²) in [4.78, 5) is 56.6. The van der Waals surface area contributed by atoms with Crippen LogP contribution in [0.4, 0.5) is 0 Å². The highest BCUT2D eigenvalue weighted by atomic mass is 16.4. The summed E-state index contributed by atoms with van der Waals surface area (Å²) >= 11 is 0. The van der Waals surface area contributed by atoms with E-state index in [1.807, 2.05) is 60.7 Å². The van der Waals surface area contributed by atoms with E-state index in [9.17, 15) is 24.3 Å². The van der Waals surface area contributed by atoms with Gasteiger partial charge in [-0.2, -0.15) is 0 Å². The van der Waals surface area contributed by atoms with Crippen LogP contribution in [0.2, 0.25) is 0 Å². The molecule has 2 heterocycles. The number of carboxylic acid groups (broad SMARTS) is 1. The number of carbonyl (C=O) groups is 4. The molecule has 2 aliphatic heterocycles. The fourth-order valence-corrected chi connectivity index (χ4v) is 7.19. The lowest BCUT2D eigenvalue weighted by molar-refractivity contribution is -0.154. The van der Waals surface area contributed by atoms with Crippen LogP contribution < -0.4 is 11.1 Å². The third-order valence-electron chi connectivity index (χ3n) is 9.15. The van der Waals surface area contributed by atoms with E-state index in [2.05, 4.69) is 5.32 Å². The molecule has 1 saturated carbocycles. The first kappa shape index (κ1) is 29.8. The number of nitrogens with one attached hydrogen (secondary N) is 1. The summed E-state index contributed by atoms with van der Waals surface area (Å²) in [5.74, 6) is -1.68. The number of hydrogen-bond acceptors (Lipinski definition) is 5. The molecule has 9 nitrogen and oxygen atoms in total. The Hall–Kier alpha value is -3.72. The van der Waals surface area contributed by atoms with Crippen molar-refractivity contribution < 1.29 is 24.3 Å². The van der Waals surface area contributed by atoms with Crippen LogP contribution in [0.1, 0.15) is 62.5 Å². The van der Waals surface area contributed by atoms with Crippen molar-refractivity contribution in [3.63, 3.8) is 0 Å². The Morgan fingerprint density at radius 3 is 2.17 bits per heavy atom. The van der Waals surface area contributed by atoms with E-state index in [4.69, 9.17) is 5.73 Å². The minimum atomic E-state index is -0.977. The molecular formula is C33H42N4O5. The molecule has 9 heteroatoms. The van der Waals surface area contributed by atoms with Gasteiger partial charge in [0.2, 0.25) is 17.7 Å². The first-order valence-electron chi connectivity index (χ1n) is 15.3. The second kappa shape index (κ2) is 13.5. The van der Waals surface area contributed by atoms with Crippen LogP contribution in [0.3, 0.4) is 0 Å². The number of aliphatic carboxylic acids is 1. The van der Waals surface area contributed by atoms with Gasteiger partial charge in [-0.1, -0.05) is 73.5 Å². The largest absolute Gasteiger partial charge is 0.480 e. The number of nitrogens with zero attached hydrogens (tertiary/aromatic N) is 2. The van der Waals surface area contributed by atoms with Crippen LogP contribution in [0.15, 0.2) is 60.7 Å². The number of hydrogen-bond donors (Lipinski definition) is 3. The van der Waals surface area contributed by atoms with Crippen LogP contribution in [-0.2, 0) is 32.0 Å². The first-order chi connectivity index (χ1) is 20.3. The lowest BCUT2D eigenvalue weighted by atomic mass is 9.84. The highest BCUT2D eigenvalue weighted by Gasteiger charge is 2.51. The predicted octanol–water partition coefficient (Wildman–Crippen LogP) is 2.91. The first-order valence-corrected chi connectivity index (χ1v) is 15.3. The number of carboxylic acids is 1. The summed E-state index contributed by atoms with van der Waals surface area (Å²) in [6.07, 6.45) is 6.26. The van der Waals surface area contributed by atoms with E-state index in [0.29, 0.717) is 32.2 Å². The fraction of sp³-hybridized carbons (Fsp3) is 0.515.